The van der Waals surface area contributed by atoms with E-state index in [9.17, 15) is 21.6 Å². The third-order valence-corrected chi connectivity index (χ3v) is 7.24. The number of ether oxygens (including phenoxy) is 2. The van der Waals surface area contributed by atoms with Crippen LogP contribution >= 0.6 is 11.6 Å². The molecule has 2 atom stereocenters. The van der Waals surface area contributed by atoms with Crippen LogP contribution in [0.3, 0.4) is 0 Å². The highest BCUT2D eigenvalue weighted by Crippen LogP contribution is 2.38. The minimum atomic E-state index is -4.61. The van der Waals surface area contributed by atoms with Crippen LogP contribution < -0.4 is 4.74 Å². The molecule has 1 heterocycles. The molecule has 0 bridgehead atoms. The lowest BCUT2D eigenvalue weighted by molar-refractivity contribution is -0.137. The average Bonchev–Trinajstić information content (AvgIpc) is 2.68. The van der Waals surface area contributed by atoms with Crippen LogP contribution in [0.5, 0.6) is 5.75 Å². The van der Waals surface area contributed by atoms with Gasteiger partial charge in [0, 0.05) is 6.61 Å². The first-order valence-electron chi connectivity index (χ1n) is 8.49. The maximum atomic E-state index is 13.0. The van der Waals surface area contributed by atoms with Crippen LogP contribution in [0.4, 0.5) is 13.2 Å². The van der Waals surface area contributed by atoms with Crippen LogP contribution in [0, 0.1) is 0 Å². The average molecular weight is 435 g/mol. The highest BCUT2D eigenvalue weighted by molar-refractivity contribution is 7.92. The molecule has 2 aromatic rings. The van der Waals surface area contributed by atoms with Crippen molar-refractivity contribution in [1.82, 2.24) is 0 Å². The molecular formula is C19H18ClF3O4S. The van der Waals surface area contributed by atoms with E-state index >= 15 is 0 Å². The molecule has 0 aromatic heterocycles. The molecule has 1 aliphatic heterocycles. The molecule has 28 heavy (non-hydrogen) atoms. The summed E-state index contributed by atoms with van der Waals surface area (Å²) in [5.41, 5.74) is -0.287. The Bertz CT molecular complexity index is 960. The Morgan fingerprint density at radius 1 is 1.18 bits per heavy atom. The maximum Gasteiger partial charge on any atom is 0.416 e. The normalized spacial score (nSPS) is 20.8. The zero-order chi connectivity index (χ0) is 20.5. The Hall–Kier alpha value is -1.77. The summed E-state index contributed by atoms with van der Waals surface area (Å²) in [4.78, 5) is -0.332. The molecule has 152 valence electrons. The smallest absolute Gasteiger partial charge is 0.416 e. The highest BCUT2D eigenvalue weighted by atomic mass is 35.5. The van der Waals surface area contributed by atoms with E-state index in [0.29, 0.717) is 22.4 Å². The van der Waals surface area contributed by atoms with E-state index in [1.54, 1.807) is 18.2 Å². The van der Waals surface area contributed by atoms with Crippen LogP contribution in [0.2, 0.25) is 5.02 Å². The van der Waals surface area contributed by atoms with E-state index in [1.807, 2.05) is 0 Å². The van der Waals surface area contributed by atoms with Gasteiger partial charge in [0.05, 0.1) is 33.9 Å². The highest BCUT2D eigenvalue weighted by Gasteiger charge is 2.36. The predicted molar refractivity (Wildman–Crippen MR) is 98.3 cm³/mol. The number of sulfone groups is 1. The first kappa shape index (κ1) is 21.0. The van der Waals surface area contributed by atoms with Crippen molar-refractivity contribution in [1.29, 1.82) is 0 Å². The van der Waals surface area contributed by atoms with E-state index in [4.69, 9.17) is 21.1 Å². The van der Waals surface area contributed by atoms with Crippen molar-refractivity contribution >= 4 is 21.4 Å². The van der Waals surface area contributed by atoms with Crippen LogP contribution in [0.25, 0.3) is 0 Å². The fraction of sp³-hybridized carbons (Fsp3) is 0.368. The first-order valence-corrected chi connectivity index (χ1v) is 10.4. The minimum Gasteiger partial charge on any atom is -0.495 e. The maximum absolute atomic E-state index is 13.0. The van der Waals surface area contributed by atoms with Gasteiger partial charge in [-0.05, 0) is 48.7 Å². The zero-order valence-electron chi connectivity index (χ0n) is 14.9. The van der Waals surface area contributed by atoms with Crippen LogP contribution in [0.15, 0.2) is 47.4 Å². The quantitative estimate of drug-likeness (QED) is 0.674. The molecule has 1 aliphatic rings. The third kappa shape index (κ3) is 4.29. The molecule has 0 radical (unpaired) electrons. The summed E-state index contributed by atoms with van der Waals surface area (Å²) in [6.45, 7) is 0.179. The molecule has 2 aromatic carbocycles. The molecule has 3 rings (SSSR count). The van der Waals surface area contributed by atoms with Crippen molar-refractivity contribution in [2.24, 2.45) is 0 Å². The number of alkyl halides is 3. The van der Waals surface area contributed by atoms with Crippen molar-refractivity contribution < 1.29 is 31.1 Å². The molecule has 0 spiro atoms. The first-order chi connectivity index (χ1) is 13.1. The monoisotopic (exact) mass is 434 g/mol. The Labute approximate surface area is 166 Å². The molecular weight excluding hydrogens is 417 g/mol. The number of hydrogen-bond donors (Lipinski definition) is 0. The van der Waals surface area contributed by atoms with Crippen molar-refractivity contribution in [3.8, 4) is 5.75 Å². The minimum absolute atomic E-state index is 0.128. The fourth-order valence-corrected chi connectivity index (χ4v) is 5.17. The molecule has 1 saturated heterocycles. The summed E-state index contributed by atoms with van der Waals surface area (Å²) in [5.74, 6) is 0.436. The van der Waals surface area contributed by atoms with Crippen LogP contribution in [-0.4, -0.2) is 27.4 Å². The molecule has 0 saturated carbocycles. The fourth-order valence-electron chi connectivity index (χ4n) is 3.20. The lowest BCUT2D eigenvalue weighted by atomic mass is 10.0. The van der Waals surface area contributed by atoms with E-state index in [1.165, 1.54) is 13.2 Å². The Morgan fingerprint density at radius 2 is 1.93 bits per heavy atom. The second-order valence-electron chi connectivity index (χ2n) is 6.47. The number of hydrogen-bond acceptors (Lipinski definition) is 4. The Balaban J connectivity index is 1.87. The number of rotatable bonds is 4. The molecule has 9 heteroatoms. The summed E-state index contributed by atoms with van der Waals surface area (Å²) >= 11 is 6.01. The van der Waals surface area contributed by atoms with Crippen LogP contribution in [-0.2, 0) is 20.8 Å². The summed E-state index contributed by atoms with van der Waals surface area (Å²) in [6, 6.07) is 8.86. The largest absolute Gasteiger partial charge is 0.495 e. The van der Waals surface area contributed by atoms with Crippen molar-refractivity contribution in [2.45, 2.75) is 35.3 Å². The van der Waals surface area contributed by atoms with Gasteiger partial charge in [-0.25, -0.2) is 8.42 Å². The second-order valence-corrected chi connectivity index (χ2v) is 9.11. The van der Waals surface area contributed by atoms with Gasteiger partial charge >= 0.3 is 6.18 Å². The number of halogens is 4. The van der Waals surface area contributed by atoms with E-state index in [-0.39, 0.29) is 24.3 Å². The lowest BCUT2D eigenvalue weighted by Gasteiger charge is -2.30. The summed E-state index contributed by atoms with van der Waals surface area (Å²) in [6.07, 6.45) is -4.79. The third-order valence-electron chi connectivity index (χ3n) is 4.71. The van der Waals surface area contributed by atoms with Gasteiger partial charge in [0.15, 0.2) is 9.84 Å². The van der Waals surface area contributed by atoms with Gasteiger partial charge in [0.1, 0.15) is 5.75 Å². The molecule has 0 N–H and O–H groups in total. The lowest BCUT2D eigenvalue weighted by Crippen LogP contribution is -2.31. The van der Waals surface area contributed by atoms with Gasteiger partial charge in [-0.1, -0.05) is 23.7 Å². The molecule has 0 amide bonds. The topological polar surface area (TPSA) is 52.6 Å². The summed E-state index contributed by atoms with van der Waals surface area (Å²) < 4.78 is 75.6. The Kier molecular flexibility index (Phi) is 5.93. The summed E-state index contributed by atoms with van der Waals surface area (Å²) in [5, 5.41) is -0.438. The zero-order valence-corrected chi connectivity index (χ0v) is 16.4. The van der Waals surface area contributed by atoms with Crippen molar-refractivity contribution in [3.05, 3.63) is 58.6 Å². The van der Waals surface area contributed by atoms with Crippen molar-refractivity contribution in [3.63, 3.8) is 0 Å². The van der Waals surface area contributed by atoms with Gasteiger partial charge in [-0.2, -0.15) is 13.2 Å². The number of benzene rings is 2. The van der Waals surface area contributed by atoms with E-state index in [0.717, 1.165) is 12.1 Å². The molecule has 1 fully saturated rings. The number of methoxy groups -OCH3 is 1. The van der Waals surface area contributed by atoms with Gasteiger partial charge in [-0.3, -0.25) is 0 Å². The predicted octanol–water partition coefficient (Wildman–Crippen LogP) is 5.06. The van der Waals surface area contributed by atoms with E-state index in [2.05, 4.69) is 0 Å². The van der Waals surface area contributed by atoms with Gasteiger partial charge in [0.25, 0.3) is 0 Å². The second kappa shape index (κ2) is 7.93. The van der Waals surface area contributed by atoms with Gasteiger partial charge < -0.3 is 9.47 Å². The van der Waals surface area contributed by atoms with Gasteiger partial charge in [-0.15, -0.1) is 0 Å². The molecule has 2 unspecified atom stereocenters. The van der Waals surface area contributed by atoms with Crippen molar-refractivity contribution in [2.75, 3.05) is 13.7 Å². The van der Waals surface area contributed by atoms with Gasteiger partial charge in [0.2, 0.25) is 0 Å². The summed E-state index contributed by atoms with van der Waals surface area (Å²) in [7, 11) is -2.48. The SMILES string of the molecule is COc1cc(C2CC(S(=O)(=O)c3cccc(C(F)(F)F)c3)CCO2)ccc1Cl. The Morgan fingerprint density at radius 3 is 2.61 bits per heavy atom. The molecule has 4 nitrogen and oxygen atoms in total. The standard InChI is InChI=1S/C19H18ClF3O4S/c1-26-18-9-12(5-6-16(18)20)17-11-15(7-8-27-17)28(24,25)14-4-2-3-13(10-14)19(21,22)23/h2-6,9-10,15,17H,7-8,11H2,1H3. The molecule has 0 aliphatic carbocycles. The van der Waals surface area contributed by atoms with E-state index < -0.39 is 32.9 Å². The van der Waals surface area contributed by atoms with Crippen LogP contribution in [0.1, 0.15) is 30.1 Å².